The number of ketones is 1. The average molecular weight is 470 g/mol. The lowest BCUT2D eigenvalue weighted by molar-refractivity contribution is -0.118. The Kier molecular flexibility index (Phi) is 8.20. The van der Waals surface area contributed by atoms with E-state index in [0.717, 1.165) is 56.2 Å². The van der Waals surface area contributed by atoms with Crippen LogP contribution in [0.25, 0.3) is 11.5 Å². The molecule has 0 atom stereocenters. The standard InChI is InChI=1S/C25H35N5O2S/c1-18(2)15-19(31)17-29(3)25-21-5-4-6-22(21)27-24(28-25)23-16-20(7-8-26-23)32-12-9-30-10-13-33-14-11-30/h7-8,16,18H,4-6,9-15,17H2,1-3H3. The number of aromatic nitrogens is 3. The number of thioether (sulfide) groups is 1. The van der Waals surface area contributed by atoms with Crippen molar-refractivity contribution in [2.75, 3.05) is 56.2 Å². The summed E-state index contributed by atoms with van der Waals surface area (Å²) in [6.45, 7) is 8.38. The summed E-state index contributed by atoms with van der Waals surface area (Å²) in [6.07, 6.45) is 5.31. The third-order valence-corrected chi connectivity index (χ3v) is 7.01. The van der Waals surface area contributed by atoms with Crippen molar-refractivity contribution in [2.45, 2.75) is 39.5 Å². The third kappa shape index (κ3) is 6.44. The Bertz CT molecular complexity index is 962. The summed E-state index contributed by atoms with van der Waals surface area (Å²) >= 11 is 2.02. The molecule has 0 saturated carbocycles. The highest BCUT2D eigenvalue weighted by Crippen LogP contribution is 2.31. The molecule has 0 spiro atoms. The van der Waals surface area contributed by atoms with Crippen LogP contribution in [0.4, 0.5) is 5.82 Å². The first kappa shape index (κ1) is 24.0. The second-order valence-corrected chi connectivity index (χ2v) is 10.5. The maximum Gasteiger partial charge on any atom is 0.180 e. The van der Waals surface area contributed by atoms with E-state index in [0.29, 0.717) is 37.0 Å². The van der Waals surface area contributed by atoms with Crippen LogP contribution in [0, 0.1) is 5.92 Å². The van der Waals surface area contributed by atoms with E-state index in [9.17, 15) is 4.79 Å². The number of anilines is 1. The van der Waals surface area contributed by atoms with E-state index in [2.05, 4.69) is 23.7 Å². The maximum atomic E-state index is 12.4. The zero-order valence-corrected chi connectivity index (χ0v) is 20.9. The van der Waals surface area contributed by atoms with Gasteiger partial charge < -0.3 is 9.64 Å². The molecule has 0 amide bonds. The number of nitrogens with zero attached hydrogens (tertiary/aromatic N) is 5. The van der Waals surface area contributed by atoms with Crippen LogP contribution in [0.2, 0.25) is 0 Å². The number of hydrogen-bond acceptors (Lipinski definition) is 8. The first-order valence-electron chi connectivity index (χ1n) is 12.0. The van der Waals surface area contributed by atoms with Crippen molar-refractivity contribution in [3.05, 3.63) is 29.6 Å². The van der Waals surface area contributed by atoms with Crippen LogP contribution in [0.5, 0.6) is 5.75 Å². The molecule has 2 aliphatic rings. The Morgan fingerprint density at radius 1 is 1.24 bits per heavy atom. The number of pyridine rings is 1. The van der Waals surface area contributed by atoms with Gasteiger partial charge in [0.1, 0.15) is 23.9 Å². The summed E-state index contributed by atoms with van der Waals surface area (Å²) < 4.78 is 6.03. The lowest BCUT2D eigenvalue weighted by Crippen LogP contribution is -2.35. The predicted molar refractivity (Wildman–Crippen MR) is 134 cm³/mol. The molecule has 0 unspecified atom stereocenters. The predicted octanol–water partition coefficient (Wildman–Crippen LogP) is 3.51. The minimum atomic E-state index is 0.236. The van der Waals surface area contributed by atoms with Crippen LogP contribution in [0.1, 0.15) is 37.9 Å². The number of carbonyl (C=O) groups excluding carboxylic acids is 1. The summed E-state index contributed by atoms with van der Waals surface area (Å²) in [4.78, 5) is 31.1. The van der Waals surface area contributed by atoms with E-state index in [1.807, 2.05) is 35.8 Å². The minimum absolute atomic E-state index is 0.236. The van der Waals surface area contributed by atoms with Crippen molar-refractivity contribution in [2.24, 2.45) is 5.92 Å². The normalized spacial score (nSPS) is 16.1. The Labute approximate surface area is 201 Å². The molecule has 178 valence electrons. The number of rotatable bonds is 10. The van der Waals surface area contributed by atoms with Gasteiger partial charge in [0.15, 0.2) is 11.6 Å². The van der Waals surface area contributed by atoms with Gasteiger partial charge in [0.25, 0.3) is 0 Å². The van der Waals surface area contributed by atoms with Crippen LogP contribution in [-0.2, 0) is 17.6 Å². The van der Waals surface area contributed by atoms with E-state index in [1.165, 1.54) is 17.1 Å². The number of hydrogen-bond donors (Lipinski definition) is 0. The molecule has 1 saturated heterocycles. The Morgan fingerprint density at radius 3 is 2.85 bits per heavy atom. The van der Waals surface area contributed by atoms with Gasteiger partial charge in [0.2, 0.25) is 0 Å². The van der Waals surface area contributed by atoms with E-state index in [-0.39, 0.29) is 5.78 Å². The van der Waals surface area contributed by atoms with Gasteiger partial charge in [0, 0.05) is 68.1 Å². The van der Waals surface area contributed by atoms with Gasteiger partial charge in [0.05, 0.1) is 6.54 Å². The third-order valence-electron chi connectivity index (χ3n) is 6.06. The Morgan fingerprint density at radius 2 is 2.06 bits per heavy atom. The summed E-state index contributed by atoms with van der Waals surface area (Å²) in [5, 5.41) is 0. The highest BCUT2D eigenvalue weighted by atomic mass is 32.2. The van der Waals surface area contributed by atoms with Crippen molar-refractivity contribution in [1.82, 2.24) is 19.9 Å². The quantitative estimate of drug-likeness (QED) is 0.524. The molecule has 0 bridgehead atoms. The van der Waals surface area contributed by atoms with Gasteiger partial charge in [-0.3, -0.25) is 14.7 Å². The minimum Gasteiger partial charge on any atom is -0.492 e. The highest BCUT2D eigenvalue weighted by molar-refractivity contribution is 7.99. The van der Waals surface area contributed by atoms with Crippen molar-refractivity contribution in [3.63, 3.8) is 0 Å². The second-order valence-electron chi connectivity index (χ2n) is 9.32. The molecular weight excluding hydrogens is 434 g/mol. The molecule has 2 aromatic rings. The van der Waals surface area contributed by atoms with Crippen LogP contribution < -0.4 is 9.64 Å². The van der Waals surface area contributed by atoms with Gasteiger partial charge in [-0.05, 0) is 31.2 Å². The van der Waals surface area contributed by atoms with E-state index >= 15 is 0 Å². The second kappa shape index (κ2) is 11.3. The van der Waals surface area contributed by atoms with Crippen molar-refractivity contribution >= 4 is 23.4 Å². The molecule has 0 N–H and O–H groups in total. The number of aryl methyl sites for hydroxylation is 1. The SMILES string of the molecule is CC(C)CC(=O)CN(C)c1nc(-c2cc(OCCN3CCSCC3)ccn2)nc2c1CCC2. The highest BCUT2D eigenvalue weighted by Gasteiger charge is 2.23. The van der Waals surface area contributed by atoms with Gasteiger partial charge in [-0.15, -0.1) is 0 Å². The van der Waals surface area contributed by atoms with E-state index < -0.39 is 0 Å². The van der Waals surface area contributed by atoms with Crippen molar-refractivity contribution in [3.8, 4) is 17.3 Å². The largest absolute Gasteiger partial charge is 0.492 e. The number of fused-ring (bicyclic) bond motifs is 1. The lowest BCUT2D eigenvalue weighted by Gasteiger charge is -2.25. The molecular formula is C25H35N5O2S. The van der Waals surface area contributed by atoms with Crippen LogP contribution >= 0.6 is 11.8 Å². The molecule has 0 radical (unpaired) electrons. The molecule has 3 heterocycles. The number of Topliss-reactive ketones (excluding diaryl/α,β-unsaturated/α-hetero) is 1. The zero-order chi connectivity index (χ0) is 23.2. The van der Waals surface area contributed by atoms with Gasteiger partial charge in [-0.2, -0.15) is 11.8 Å². The summed E-state index contributed by atoms with van der Waals surface area (Å²) in [6, 6.07) is 3.82. The van der Waals surface area contributed by atoms with E-state index in [4.69, 9.17) is 14.7 Å². The Hall–Kier alpha value is -2.19. The van der Waals surface area contributed by atoms with E-state index in [1.54, 1.807) is 6.20 Å². The molecule has 4 rings (SSSR count). The average Bonchev–Trinajstić information content (AvgIpc) is 3.27. The number of carbonyl (C=O) groups is 1. The van der Waals surface area contributed by atoms with Gasteiger partial charge in [-0.25, -0.2) is 9.97 Å². The van der Waals surface area contributed by atoms with Crippen LogP contribution in [0.15, 0.2) is 18.3 Å². The first-order valence-corrected chi connectivity index (χ1v) is 13.2. The van der Waals surface area contributed by atoms with Crippen LogP contribution in [-0.4, -0.2) is 77.0 Å². The zero-order valence-electron chi connectivity index (χ0n) is 20.0. The van der Waals surface area contributed by atoms with Gasteiger partial charge >= 0.3 is 0 Å². The van der Waals surface area contributed by atoms with Gasteiger partial charge in [-0.1, -0.05) is 13.8 Å². The molecule has 1 aliphatic carbocycles. The monoisotopic (exact) mass is 469 g/mol. The number of ether oxygens (including phenoxy) is 1. The first-order chi connectivity index (χ1) is 16.0. The molecule has 33 heavy (non-hydrogen) atoms. The number of likely N-dealkylation sites (N-methyl/N-ethyl adjacent to an activating group) is 1. The molecule has 7 nitrogen and oxygen atoms in total. The summed E-state index contributed by atoms with van der Waals surface area (Å²) in [5.74, 6) is 5.26. The molecule has 0 aromatic carbocycles. The molecule has 1 aliphatic heterocycles. The Balaban J connectivity index is 1.48. The van der Waals surface area contributed by atoms with Crippen LogP contribution in [0.3, 0.4) is 0 Å². The van der Waals surface area contributed by atoms with Crippen molar-refractivity contribution in [1.29, 1.82) is 0 Å². The fourth-order valence-corrected chi connectivity index (χ4v) is 5.42. The van der Waals surface area contributed by atoms with Crippen molar-refractivity contribution < 1.29 is 9.53 Å². The smallest absolute Gasteiger partial charge is 0.180 e. The molecule has 1 fully saturated rings. The fourth-order valence-electron chi connectivity index (χ4n) is 4.44. The fraction of sp³-hybridized carbons (Fsp3) is 0.600. The lowest BCUT2D eigenvalue weighted by atomic mass is 10.1. The molecule has 8 heteroatoms. The summed E-state index contributed by atoms with van der Waals surface area (Å²) in [5.41, 5.74) is 2.96. The molecule has 2 aromatic heterocycles. The topological polar surface area (TPSA) is 71.5 Å². The maximum absolute atomic E-state index is 12.4. The summed E-state index contributed by atoms with van der Waals surface area (Å²) in [7, 11) is 1.95.